The maximum atomic E-state index is 5.95. The second kappa shape index (κ2) is 6.58. The quantitative estimate of drug-likeness (QED) is 0.793. The van der Waals surface area contributed by atoms with Crippen molar-refractivity contribution in [3.63, 3.8) is 0 Å². The van der Waals surface area contributed by atoms with Crippen LogP contribution in [0.2, 0.25) is 5.02 Å². The Morgan fingerprint density at radius 1 is 1.22 bits per heavy atom. The number of benzene rings is 1. The van der Waals surface area contributed by atoms with Gasteiger partial charge in [-0.25, -0.2) is 0 Å². The highest BCUT2D eigenvalue weighted by Crippen LogP contribution is 2.30. The van der Waals surface area contributed by atoms with Crippen molar-refractivity contribution in [2.75, 3.05) is 0 Å². The molecule has 18 heavy (non-hydrogen) atoms. The molecule has 1 N–H and O–H groups in total. The molecule has 0 bridgehead atoms. The summed E-state index contributed by atoms with van der Waals surface area (Å²) in [5.74, 6) is 0.935. The van der Waals surface area contributed by atoms with Crippen LogP contribution in [0.5, 0.6) is 0 Å². The molecule has 1 nitrogen and oxygen atoms in total. The van der Waals surface area contributed by atoms with Crippen molar-refractivity contribution >= 4 is 11.6 Å². The highest BCUT2D eigenvalue weighted by molar-refractivity contribution is 6.30. The highest BCUT2D eigenvalue weighted by Gasteiger charge is 2.25. The minimum absolute atomic E-state index is 0.475. The van der Waals surface area contributed by atoms with Gasteiger partial charge in [0.25, 0.3) is 0 Å². The van der Waals surface area contributed by atoms with Crippen LogP contribution in [0.4, 0.5) is 0 Å². The summed E-state index contributed by atoms with van der Waals surface area (Å²) in [5, 5.41) is 4.64. The van der Waals surface area contributed by atoms with E-state index in [4.69, 9.17) is 11.6 Å². The van der Waals surface area contributed by atoms with Crippen molar-refractivity contribution in [2.45, 2.75) is 58.0 Å². The second-order valence-electron chi connectivity index (χ2n) is 5.46. The molecular formula is C16H24ClN. The van der Waals surface area contributed by atoms with Crippen molar-refractivity contribution in [3.8, 4) is 0 Å². The average Bonchev–Trinajstić information content (AvgIpc) is 2.85. The molecule has 1 aliphatic carbocycles. The number of nitrogens with one attached hydrogen (secondary N) is 1. The van der Waals surface area contributed by atoms with Gasteiger partial charge in [-0.1, -0.05) is 44.0 Å². The van der Waals surface area contributed by atoms with Crippen molar-refractivity contribution in [1.82, 2.24) is 5.32 Å². The van der Waals surface area contributed by atoms with Gasteiger partial charge in [-0.05, 0) is 49.3 Å². The van der Waals surface area contributed by atoms with Crippen LogP contribution in [0.15, 0.2) is 24.3 Å². The lowest BCUT2D eigenvalue weighted by atomic mass is 10.0. The molecule has 1 saturated carbocycles. The largest absolute Gasteiger partial charge is 0.307 e. The Hall–Kier alpha value is -0.530. The van der Waals surface area contributed by atoms with Gasteiger partial charge in [0.1, 0.15) is 0 Å². The molecule has 0 saturated heterocycles. The Labute approximate surface area is 116 Å². The van der Waals surface area contributed by atoms with E-state index in [1.54, 1.807) is 0 Å². The number of halogens is 1. The van der Waals surface area contributed by atoms with E-state index in [1.807, 2.05) is 12.1 Å². The van der Waals surface area contributed by atoms with E-state index in [0.717, 1.165) is 17.4 Å². The molecule has 3 atom stereocenters. The first-order chi connectivity index (χ1) is 8.72. The maximum absolute atomic E-state index is 5.95. The Morgan fingerprint density at radius 2 is 1.94 bits per heavy atom. The van der Waals surface area contributed by atoms with E-state index in [1.165, 1.54) is 31.2 Å². The number of hydrogen-bond donors (Lipinski definition) is 1. The molecule has 1 aromatic carbocycles. The first kappa shape index (κ1) is 13.9. The molecule has 100 valence electrons. The van der Waals surface area contributed by atoms with Crippen LogP contribution >= 0.6 is 11.6 Å². The monoisotopic (exact) mass is 265 g/mol. The summed E-state index contributed by atoms with van der Waals surface area (Å²) in [4.78, 5) is 0. The number of hydrogen-bond acceptors (Lipinski definition) is 1. The van der Waals surface area contributed by atoms with Gasteiger partial charge in [0.05, 0.1) is 0 Å². The molecule has 0 aromatic heterocycles. The normalized spacial score (nSPS) is 25.3. The minimum atomic E-state index is 0.475. The van der Waals surface area contributed by atoms with Gasteiger partial charge in [-0.2, -0.15) is 0 Å². The van der Waals surface area contributed by atoms with Gasteiger partial charge in [-0.15, -0.1) is 0 Å². The molecule has 2 rings (SSSR count). The molecule has 0 aliphatic heterocycles. The summed E-state index contributed by atoms with van der Waals surface area (Å²) in [6.07, 6.45) is 6.54. The van der Waals surface area contributed by atoms with Gasteiger partial charge in [0.2, 0.25) is 0 Å². The van der Waals surface area contributed by atoms with E-state index in [0.29, 0.717) is 12.1 Å². The standard InChI is InChI=1S/C16H24ClN/c1-3-12-5-10-15(11-12)18-16(4-2)13-6-8-14(17)9-7-13/h6-9,12,15-16,18H,3-5,10-11H2,1-2H3. The number of rotatable bonds is 5. The average molecular weight is 266 g/mol. The Bertz CT molecular complexity index is 360. The van der Waals surface area contributed by atoms with Gasteiger partial charge in [0, 0.05) is 17.1 Å². The van der Waals surface area contributed by atoms with Crippen LogP contribution in [-0.2, 0) is 0 Å². The van der Waals surface area contributed by atoms with Crippen LogP contribution in [0.3, 0.4) is 0 Å². The molecule has 0 amide bonds. The first-order valence-corrected chi connectivity index (χ1v) is 7.62. The summed E-state index contributed by atoms with van der Waals surface area (Å²) < 4.78 is 0. The summed E-state index contributed by atoms with van der Waals surface area (Å²) in [5.41, 5.74) is 1.36. The van der Waals surface area contributed by atoms with E-state index in [-0.39, 0.29) is 0 Å². The molecule has 2 heteroatoms. The van der Waals surface area contributed by atoms with Crippen LogP contribution in [0.1, 0.15) is 57.6 Å². The van der Waals surface area contributed by atoms with Crippen molar-refractivity contribution in [1.29, 1.82) is 0 Å². The predicted octanol–water partition coefficient (Wildman–Crippen LogP) is 4.96. The zero-order valence-corrected chi connectivity index (χ0v) is 12.2. The van der Waals surface area contributed by atoms with Crippen molar-refractivity contribution < 1.29 is 0 Å². The van der Waals surface area contributed by atoms with Crippen molar-refractivity contribution in [2.24, 2.45) is 5.92 Å². The van der Waals surface area contributed by atoms with E-state index in [2.05, 4.69) is 31.3 Å². The lowest BCUT2D eigenvalue weighted by molar-refractivity contribution is 0.414. The molecule has 0 spiro atoms. The van der Waals surface area contributed by atoms with Gasteiger partial charge >= 0.3 is 0 Å². The smallest absolute Gasteiger partial charge is 0.0406 e. The van der Waals surface area contributed by atoms with Crippen LogP contribution in [0, 0.1) is 5.92 Å². The zero-order valence-electron chi connectivity index (χ0n) is 11.5. The molecule has 3 unspecified atom stereocenters. The van der Waals surface area contributed by atoms with Crippen molar-refractivity contribution in [3.05, 3.63) is 34.9 Å². The Morgan fingerprint density at radius 3 is 2.50 bits per heavy atom. The SMILES string of the molecule is CCC1CCC(NC(CC)c2ccc(Cl)cc2)C1. The lowest BCUT2D eigenvalue weighted by Gasteiger charge is -2.22. The zero-order chi connectivity index (χ0) is 13.0. The fraction of sp³-hybridized carbons (Fsp3) is 0.625. The molecule has 1 aromatic rings. The third-order valence-electron chi connectivity index (χ3n) is 4.24. The predicted molar refractivity (Wildman–Crippen MR) is 79.0 cm³/mol. The Kier molecular flexibility index (Phi) is 5.08. The van der Waals surface area contributed by atoms with Crippen LogP contribution < -0.4 is 5.32 Å². The topological polar surface area (TPSA) is 12.0 Å². The molecule has 1 aliphatic rings. The summed E-state index contributed by atoms with van der Waals surface area (Å²) >= 11 is 5.95. The summed E-state index contributed by atoms with van der Waals surface area (Å²) in [7, 11) is 0. The fourth-order valence-electron chi connectivity index (χ4n) is 3.03. The van der Waals surface area contributed by atoms with E-state index in [9.17, 15) is 0 Å². The summed E-state index contributed by atoms with van der Waals surface area (Å²) in [6.45, 7) is 4.56. The lowest BCUT2D eigenvalue weighted by Crippen LogP contribution is -2.30. The molecule has 1 fully saturated rings. The van der Waals surface area contributed by atoms with Crippen LogP contribution in [0.25, 0.3) is 0 Å². The van der Waals surface area contributed by atoms with E-state index < -0.39 is 0 Å². The highest BCUT2D eigenvalue weighted by atomic mass is 35.5. The summed E-state index contributed by atoms with van der Waals surface area (Å²) in [6, 6.07) is 9.46. The first-order valence-electron chi connectivity index (χ1n) is 7.24. The van der Waals surface area contributed by atoms with Gasteiger partial charge in [0.15, 0.2) is 0 Å². The fourth-order valence-corrected chi connectivity index (χ4v) is 3.15. The third-order valence-corrected chi connectivity index (χ3v) is 4.49. The Balaban J connectivity index is 1.95. The maximum Gasteiger partial charge on any atom is 0.0406 e. The molecular weight excluding hydrogens is 242 g/mol. The van der Waals surface area contributed by atoms with E-state index >= 15 is 0 Å². The molecule has 0 heterocycles. The minimum Gasteiger partial charge on any atom is -0.307 e. The second-order valence-corrected chi connectivity index (χ2v) is 5.90. The van der Waals surface area contributed by atoms with Gasteiger partial charge in [-0.3, -0.25) is 0 Å². The van der Waals surface area contributed by atoms with Crippen LogP contribution in [-0.4, -0.2) is 6.04 Å². The molecule has 0 radical (unpaired) electrons. The van der Waals surface area contributed by atoms with Gasteiger partial charge < -0.3 is 5.32 Å². The third kappa shape index (κ3) is 3.49.